The zero-order valence-corrected chi connectivity index (χ0v) is 11.4. The van der Waals surface area contributed by atoms with Crippen molar-refractivity contribution >= 4 is 16.8 Å². The summed E-state index contributed by atoms with van der Waals surface area (Å²) in [4.78, 5) is 18.7. The van der Waals surface area contributed by atoms with E-state index in [9.17, 15) is 4.79 Å². The first-order chi connectivity index (χ1) is 9.66. The summed E-state index contributed by atoms with van der Waals surface area (Å²) < 4.78 is 3.09. The molecule has 0 saturated heterocycles. The lowest BCUT2D eigenvalue weighted by Crippen LogP contribution is -2.25. The van der Waals surface area contributed by atoms with Gasteiger partial charge in [0.1, 0.15) is 6.33 Å². The predicted octanol–water partition coefficient (Wildman–Crippen LogP) is -0.214. The van der Waals surface area contributed by atoms with Crippen LogP contribution < -0.4 is 5.56 Å². The van der Waals surface area contributed by atoms with E-state index >= 15 is 0 Å². The molecule has 0 fully saturated rings. The summed E-state index contributed by atoms with van der Waals surface area (Å²) in [7, 11) is 4.00. The van der Waals surface area contributed by atoms with Gasteiger partial charge in [0.05, 0.1) is 6.20 Å². The maximum absolute atomic E-state index is 12.3. The maximum atomic E-state index is 12.3. The Morgan fingerprint density at radius 3 is 2.95 bits per heavy atom. The second-order valence-corrected chi connectivity index (χ2v) is 4.87. The summed E-state index contributed by atoms with van der Waals surface area (Å²) in [6.45, 7) is 1.52. The smallest absolute Gasteiger partial charge is 0.283 e. The summed E-state index contributed by atoms with van der Waals surface area (Å²) in [5.74, 6) is 0. The van der Waals surface area contributed by atoms with Crippen LogP contribution in [-0.2, 0) is 6.54 Å². The van der Waals surface area contributed by atoms with Gasteiger partial charge in [-0.3, -0.25) is 9.36 Å². The van der Waals surface area contributed by atoms with Crippen molar-refractivity contribution < 1.29 is 0 Å². The van der Waals surface area contributed by atoms with E-state index in [-0.39, 0.29) is 11.1 Å². The number of aryl methyl sites for hydroxylation is 1. The van der Waals surface area contributed by atoms with Gasteiger partial charge in [0, 0.05) is 12.6 Å². The highest BCUT2D eigenvalue weighted by Crippen LogP contribution is 2.05. The molecule has 0 amide bonds. The molecule has 0 bridgehead atoms. The van der Waals surface area contributed by atoms with Gasteiger partial charge >= 0.3 is 0 Å². The monoisotopic (exact) mass is 273 g/mol. The van der Waals surface area contributed by atoms with Crippen LogP contribution in [0.5, 0.6) is 0 Å². The molecule has 104 valence electrons. The lowest BCUT2D eigenvalue weighted by molar-refractivity contribution is 0.384. The van der Waals surface area contributed by atoms with E-state index in [1.54, 1.807) is 23.2 Å². The van der Waals surface area contributed by atoms with E-state index in [4.69, 9.17) is 0 Å². The van der Waals surface area contributed by atoms with E-state index < -0.39 is 0 Å². The number of aromatic nitrogens is 6. The summed E-state index contributed by atoms with van der Waals surface area (Å²) >= 11 is 0. The fourth-order valence-corrected chi connectivity index (χ4v) is 2.07. The molecule has 3 rings (SSSR count). The predicted molar refractivity (Wildman–Crippen MR) is 73.5 cm³/mol. The lowest BCUT2D eigenvalue weighted by Gasteiger charge is -2.10. The molecule has 0 aromatic carbocycles. The molecule has 0 aliphatic carbocycles. The third-order valence-corrected chi connectivity index (χ3v) is 3.07. The minimum Gasteiger partial charge on any atom is -0.309 e. The minimum absolute atomic E-state index is 0.182. The summed E-state index contributed by atoms with van der Waals surface area (Å²) in [5.41, 5.74) is 1.08. The van der Waals surface area contributed by atoms with E-state index in [0.717, 1.165) is 13.0 Å². The molecular formula is C12H15N7O. The van der Waals surface area contributed by atoms with Crippen LogP contribution in [0.15, 0.2) is 23.4 Å². The van der Waals surface area contributed by atoms with Crippen molar-refractivity contribution in [2.45, 2.75) is 13.0 Å². The van der Waals surface area contributed by atoms with Gasteiger partial charge in [-0.25, -0.2) is 4.98 Å². The van der Waals surface area contributed by atoms with E-state index in [1.165, 1.54) is 4.52 Å². The first-order valence-corrected chi connectivity index (χ1v) is 6.37. The maximum Gasteiger partial charge on any atom is 0.283 e. The van der Waals surface area contributed by atoms with Crippen LogP contribution in [0.25, 0.3) is 16.8 Å². The highest BCUT2D eigenvalue weighted by Gasteiger charge is 2.10. The molecule has 0 spiro atoms. The minimum atomic E-state index is -0.182. The van der Waals surface area contributed by atoms with Crippen molar-refractivity contribution in [3.05, 3.63) is 28.9 Å². The first-order valence-electron chi connectivity index (χ1n) is 6.37. The number of nitrogens with zero attached hydrogens (tertiary/aromatic N) is 7. The molecule has 0 aliphatic rings. The standard InChI is InChI=1S/C12H15N7O/c1-17(2)6-3-7-18-8-13-11-10(12(18)20)16-15-9-4-5-14-19(9)11/h4-5,8H,3,6-7H2,1-2H3. The van der Waals surface area contributed by atoms with Crippen molar-refractivity contribution in [2.24, 2.45) is 0 Å². The van der Waals surface area contributed by atoms with Gasteiger partial charge in [-0.05, 0) is 27.1 Å². The molecule has 3 aromatic heterocycles. The number of fused-ring (bicyclic) bond motifs is 3. The first kappa shape index (κ1) is 12.7. The molecule has 8 nitrogen and oxygen atoms in total. The third kappa shape index (κ3) is 2.14. The Bertz CT molecular complexity index is 804. The zero-order chi connectivity index (χ0) is 14.1. The van der Waals surface area contributed by atoms with Crippen LogP contribution in [-0.4, -0.2) is 54.9 Å². The number of hydrogen-bond donors (Lipinski definition) is 0. The molecule has 0 aliphatic heterocycles. The normalized spacial score (nSPS) is 11.8. The SMILES string of the molecule is CN(C)CCCn1cnc2c(nnc3ccnn32)c1=O. The fourth-order valence-electron chi connectivity index (χ4n) is 2.07. The highest BCUT2D eigenvalue weighted by molar-refractivity contribution is 5.70. The van der Waals surface area contributed by atoms with Crippen LogP contribution in [0, 0.1) is 0 Å². The van der Waals surface area contributed by atoms with Crippen molar-refractivity contribution in [1.82, 2.24) is 34.3 Å². The van der Waals surface area contributed by atoms with E-state index in [0.29, 0.717) is 17.8 Å². The van der Waals surface area contributed by atoms with Crippen LogP contribution in [0.2, 0.25) is 0 Å². The summed E-state index contributed by atoms with van der Waals surface area (Å²) in [6, 6.07) is 1.72. The van der Waals surface area contributed by atoms with Crippen LogP contribution >= 0.6 is 0 Å². The Kier molecular flexibility index (Phi) is 3.15. The third-order valence-electron chi connectivity index (χ3n) is 3.07. The molecule has 0 unspecified atom stereocenters. The lowest BCUT2D eigenvalue weighted by atomic mass is 10.4. The fraction of sp³-hybridized carbons (Fsp3) is 0.417. The van der Waals surface area contributed by atoms with Gasteiger partial charge in [-0.2, -0.15) is 9.61 Å². The number of hydrogen-bond acceptors (Lipinski definition) is 6. The Balaban J connectivity index is 2.02. The molecule has 8 heteroatoms. The van der Waals surface area contributed by atoms with Crippen molar-refractivity contribution in [2.75, 3.05) is 20.6 Å². The molecule has 0 saturated carbocycles. The van der Waals surface area contributed by atoms with Gasteiger partial charge < -0.3 is 4.90 Å². The largest absolute Gasteiger partial charge is 0.309 e. The van der Waals surface area contributed by atoms with Crippen LogP contribution in [0.3, 0.4) is 0 Å². The van der Waals surface area contributed by atoms with Gasteiger partial charge in [0.2, 0.25) is 0 Å². The average Bonchev–Trinajstić information content (AvgIpc) is 2.89. The Hall–Kier alpha value is -2.35. The van der Waals surface area contributed by atoms with Crippen molar-refractivity contribution in [1.29, 1.82) is 0 Å². The summed E-state index contributed by atoms with van der Waals surface area (Å²) in [6.07, 6.45) is 4.02. The van der Waals surface area contributed by atoms with Crippen molar-refractivity contribution in [3.63, 3.8) is 0 Å². The van der Waals surface area contributed by atoms with Gasteiger partial charge in [0.25, 0.3) is 5.56 Å². The van der Waals surface area contributed by atoms with Crippen LogP contribution in [0.1, 0.15) is 6.42 Å². The molecule has 3 aromatic rings. The topological polar surface area (TPSA) is 81.2 Å². The van der Waals surface area contributed by atoms with Crippen molar-refractivity contribution in [3.8, 4) is 0 Å². The summed E-state index contributed by atoms with van der Waals surface area (Å²) in [5, 5.41) is 12.0. The molecule has 20 heavy (non-hydrogen) atoms. The van der Waals surface area contributed by atoms with Gasteiger partial charge in [-0.1, -0.05) is 0 Å². The van der Waals surface area contributed by atoms with E-state index in [1.807, 2.05) is 14.1 Å². The molecule has 0 radical (unpaired) electrons. The number of rotatable bonds is 4. The average molecular weight is 273 g/mol. The molecular weight excluding hydrogens is 258 g/mol. The van der Waals surface area contributed by atoms with E-state index in [2.05, 4.69) is 25.2 Å². The Morgan fingerprint density at radius 1 is 1.30 bits per heavy atom. The van der Waals surface area contributed by atoms with Gasteiger partial charge in [0.15, 0.2) is 16.8 Å². The quantitative estimate of drug-likeness (QED) is 0.654. The van der Waals surface area contributed by atoms with Gasteiger partial charge in [-0.15, -0.1) is 10.2 Å². The highest BCUT2D eigenvalue weighted by atomic mass is 16.1. The molecule has 0 atom stereocenters. The Morgan fingerprint density at radius 2 is 2.15 bits per heavy atom. The zero-order valence-electron chi connectivity index (χ0n) is 11.4. The Labute approximate surface area is 114 Å². The van der Waals surface area contributed by atoms with Crippen LogP contribution in [0.4, 0.5) is 0 Å². The second kappa shape index (κ2) is 4.97. The second-order valence-electron chi connectivity index (χ2n) is 4.87. The molecule has 3 heterocycles. The molecule has 0 N–H and O–H groups in total.